The maximum absolute atomic E-state index is 13.9. The zero-order valence-electron chi connectivity index (χ0n) is 12.6. The Hall–Kier alpha value is -1.52. The van der Waals surface area contributed by atoms with Crippen LogP contribution in [0.1, 0.15) is 50.3 Å². The van der Waals surface area contributed by atoms with Crippen molar-refractivity contribution in [3.8, 4) is 0 Å². The van der Waals surface area contributed by atoms with Crippen LogP contribution in [0.3, 0.4) is 0 Å². The number of aryl methyl sites for hydroxylation is 1. The lowest BCUT2D eigenvalue weighted by Gasteiger charge is -2.31. The molecule has 0 bridgehead atoms. The van der Waals surface area contributed by atoms with Crippen LogP contribution in [0, 0.1) is 12.3 Å². The maximum Gasteiger partial charge on any atom is 0.259 e. The van der Waals surface area contributed by atoms with Gasteiger partial charge in [0.05, 0.1) is 6.04 Å². The zero-order chi connectivity index (χ0) is 15.4. The van der Waals surface area contributed by atoms with Crippen molar-refractivity contribution in [3.63, 3.8) is 0 Å². The molecule has 1 aromatic heterocycles. The van der Waals surface area contributed by atoms with Gasteiger partial charge in [0, 0.05) is 25.4 Å². The second-order valence-electron chi connectivity index (χ2n) is 6.68. The highest BCUT2D eigenvalue weighted by Gasteiger charge is 2.62. The normalized spacial score (nSPS) is 32.6. The van der Waals surface area contributed by atoms with Crippen LogP contribution in [-0.2, 0) is 4.79 Å². The van der Waals surface area contributed by atoms with Gasteiger partial charge >= 0.3 is 0 Å². The van der Waals surface area contributed by atoms with Crippen LogP contribution in [0.2, 0.25) is 0 Å². The number of fused-ring (bicyclic) bond motifs is 1. The molecule has 3 rings (SSSR count). The van der Waals surface area contributed by atoms with Crippen LogP contribution < -0.4 is 0 Å². The van der Waals surface area contributed by atoms with Crippen molar-refractivity contribution in [2.75, 3.05) is 0 Å². The second-order valence-corrected chi connectivity index (χ2v) is 6.68. The van der Waals surface area contributed by atoms with Crippen molar-refractivity contribution in [2.24, 2.45) is 5.41 Å². The van der Waals surface area contributed by atoms with E-state index in [-0.39, 0.29) is 18.5 Å². The number of carbonyl (C=O) groups is 1. The minimum atomic E-state index is -3.00. The molecule has 0 spiro atoms. The van der Waals surface area contributed by atoms with Gasteiger partial charge in [0.1, 0.15) is 5.41 Å². The number of rotatable bonds is 2. The second kappa shape index (κ2) is 4.49. The van der Waals surface area contributed by atoms with E-state index >= 15 is 0 Å². The molecule has 2 aliphatic heterocycles. The van der Waals surface area contributed by atoms with Crippen LogP contribution in [0.15, 0.2) is 18.5 Å². The Morgan fingerprint density at radius 2 is 2.10 bits per heavy atom. The van der Waals surface area contributed by atoms with E-state index in [0.717, 1.165) is 30.9 Å². The molecule has 0 saturated carbocycles. The highest BCUT2D eigenvalue weighted by molar-refractivity contribution is 5.87. The number of hydrogen-bond acceptors (Lipinski definition) is 2. The molecule has 21 heavy (non-hydrogen) atoms. The minimum Gasteiger partial charge on any atom is -0.332 e. The third-order valence-corrected chi connectivity index (χ3v) is 5.10. The summed E-state index contributed by atoms with van der Waals surface area (Å²) < 4.78 is 27.8. The number of alkyl halides is 2. The summed E-state index contributed by atoms with van der Waals surface area (Å²) in [7, 11) is 0. The average Bonchev–Trinajstić information content (AvgIpc) is 2.89. The van der Waals surface area contributed by atoms with Crippen LogP contribution in [0.4, 0.5) is 8.78 Å². The van der Waals surface area contributed by atoms with Crippen LogP contribution in [0.5, 0.6) is 0 Å². The van der Waals surface area contributed by atoms with E-state index in [9.17, 15) is 13.6 Å². The van der Waals surface area contributed by atoms with Crippen molar-refractivity contribution in [2.45, 2.75) is 58.0 Å². The van der Waals surface area contributed by atoms with Crippen LogP contribution >= 0.6 is 0 Å². The number of halogens is 2. The number of nitrogens with zero attached hydrogens (tertiary/aromatic N) is 2. The van der Waals surface area contributed by atoms with Gasteiger partial charge in [-0.3, -0.25) is 9.78 Å². The van der Waals surface area contributed by atoms with Crippen molar-refractivity contribution in [3.05, 3.63) is 29.6 Å². The topological polar surface area (TPSA) is 33.2 Å². The Balaban J connectivity index is 1.95. The van der Waals surface area contributed by atoms with Crippen LogP contribution in [-0.4, -0.2) is 27.8 Å². The molecule has 0 aliphatic carbocycles. The highest BCUT2D eigenvalue weighted by atomic mass is 19.3. The zero-order valence-corrected chi connectivity index (χ0v) is 12.6. The predicted molar refractivity (Wildman–Crippen MR) is 74.9 cm³/mol. The van der Waals surface area contributed by atoms with Gasteiger partial charge in [-0.15, -0.1) is 0 Å². The van der Waals surface area contributed by atoms with E-state index in [1.54, 1.807) is 17.3 Å². The molecule has 2 aliphatic rings. The lowest BCUT2D eigenvalue weighted by Crippen LogP contribution is -2.44. The van der Waals surface area contributed by atoms with Gasteiger partial charge in [-0.05, 0) is 44.2 Å². The van der Waals surface area contributed by atoms with E-state index in [1.165, 1.54) is 6.92 Å². The minimum absolute atomic E-state index is 0.0705. The van der Waals surface area contributed by atoms with Crippen molar-refractivity contribution >= 4 is 5.91 Å². The number of hydrogen-bond donors (Lipinski definition) is 0. The Morgan fingerprint density at radius 1 is 1.38 bits per heavy atom. The molecule has 1 amide bonds. The van der Waals surface area contributed by atoms with Gasteiger partial charge in [-0.2, -0.15) is 0 Å². The lowest BCUT2D eigenvalue weighted by molar-refractivity contribution is -0.156. The summed E-state index contributed by atoms with van der Waals surface area (Å²) in [6.45, 7) is 4.20. The van der Waals surface area contributed by atoms with E-state index in [4.69, 9.17) is 0 Å². The molecule has 0 N–H and O–H groups in total. The van der Waals surface area contributed by atoms with Crippen LogP contribution in [0.25, 0.3) is 0 Å². The molecule has 0 aromatic carbocycles. The van der Waals surface area contributed by atoms with E-state index < -0.39 is 17.2 Å². The highest BCUT2D eigenvalue weighted by Crippen LogP contribution is 2.54. The Bertz CT molecular complexity index is 584. The molecular formula is C16H20F2N2O. The number of pyridine rings is 1. The Labute approximate surface area is 123 Å². The molecule has 1 aromatic rings. The standard InChI is InChI=1S/C16H20F2N2O/c1-10-6-11(9-19-8-10)13-5-4-12-7-15(2,16(3,17)18)14(21)20(12)13/h6,8-9,12-13H,4-5,7H2,1-3H3/t12-,13+,15?/m0/s1. The molecule has 2 saturated heterocycles. The van der Waals surface area contributed by atoms with Gasteiger partial charge in [-0.1, -0.05) is 6.07 Å². The first-order chi connectivity index (χ1) is 9.74. The summed E-state index contributed by atoms with van der Waals surface area (Å²) in [5, 5.41) is 0. The fourth-order valence-electron chi connectivity index (χ4n) is 3.69. The van der Waals surface area contributed by atoms with Crippen molar-refractivity contribution < 1.29 is 13.6 Å². The van der Waals surface area contributed by atoms with E-state index in [0.29, 0.717) is 0 Å². The molecule has 3 heterocycles. The maximum atomic E-state index is 13.9. The van der Waals surface area contributed by atoms with Gasteiger partial charge in [0.15, 0.2) is 0 Å². The summed E-state index contributed by atoms with van der Waals surface area (Å²) in [6, 6.07) is 1.81. The SMILES string of the molecule is Cc1cncc([C@H]2CC[C@H]3CC(C)(C(C)(F)F)C(=O)N32)c1. The smallest absolute Gasteiger partial charge is 0.259 e. The summed E-state index contributed by atoms with van der Waals surface area (Å²) in [5.41, 5.74) is 0.397. The lowest BCUT2D eigenvalue weighted by atomic mass is 9.80. The summed E-state index contributed by atoms with van der Waals surface area (Å²) in [4.78, 5) is 18.5. The molecule has 3 atom stereocenters. The largest absolute Gasteiger partial charge is 0.332 e. The molecule has 2 fully saturated rings. The summed E-state index contributed by atoms with van der Waals surface area (Å²) >= 11 is 0. The monoisotopic (exact) mass is 294 g/mol. The molecule has 0 radical (unpaired) electrons. The number of aromatic nitrogens is 1. The Morgan fingerprint density at radius 3 is 2.71 bits per heavy atom. The fourth-order valence-corrected chi connectivity index (χ4v) is 3.69. The molecule has 1 unspecified atom stereocenters. The van der Waals surface area contributed by atoms with Gasteiger partial charge in [0.25, 0.3) is 5.92 Å². The number of amides is 1. The van der Waals surface area contributed by atoms with Gasteiger partial charge in [0.2, 0.25) is 5.91 Å². The Kier molecular flexibility index (Phi) is 3.08. The van der Waals surface area contributed by atoms with Gasteiger partial charge in [-0.25, -0.2) is 8.78 Å². The summed E-state index contributed by atoms with van der Waals surface area (Å²) in [6.07, 6.45) is 5.35. The first-order valence-electron chi connectivity index (χ1n) is 7.36. The first kappa shape index (κ1) is 14.4. The quantitative estimate of drug-likeness (QED) is 0.836. The van der Waals surface area contributed by atoms with Crippen molar-refractivity contribution in [1.29, 1.82) is 0 Å². The average molecular weight is 294 g/mol. The predicted octanol–water partition coefficient (Wildman–Crippen LogP) is 3.49. The van der Waals surface area contributed by atoms with E-state index in [2.05, 4.69) is 4.98 Å². The summed E-state index contributed by atoms with van der Waals surface area (Å²) in [5.74, 6) is -3.41. The molecule has 5 heteroatoms. The van der Waals surface area contributed by atoms with Crippen molar-refractivity contribution in [1.82, 2.24) is 9.88 Å². The third kappa shape index (κ3) is 2.05. The van der Waals surface area contributed by atoms with E-state index in [1.807, 2.05) is 13.0 Å². The first-order valence-corrected chi connectivity index (χ1v) is 7.36. The molecule has 114 valence electrons. The fraction of sp³-hybridized carbons (Fsp3) is 0.625. The molecule has 3 nitrogen and oxygen atoms in total. The third-order valence-electron chi connectivity index (χ3n) is 5.10. The number of carbonyl (C=O) groups excluding carboxylic acids is 1. The van der Waals surface area contributed by atoms with Gasteiger partial charge < -0.3 is 4.90 Å². The molecular weight excluding hydrogens is 274 g/mol.